The first-order valence-electron chi connectivity index (χ1n) is 8.80. The minimum absolute atomic E-state index is 0.0830. The summed E-state index contributed by atoms with van der Waals surface area (Å²) in [6.45, 7) is 4.43. The number of aromatic hydroxyl groups is 1. The molecule has 0 saturated carbocycles. The minimum atomic E-state index is -0.115. The largest absolute Gasteiger partial charge is 0.508 e. The van der Waals surface area contributed by atoms with Gasteiger partial charge in [0.05, 0.1) is 19.6 Å². The highest BCUT2D eigenvalue weighted by molar-refractivity contribution is 5.89. The molecule has 1 N–H and O–H groups in total. The Balaban J connectivity index is 1.84. The molecular weight excluding hydrogens is 318 g/mol. The number of phenols is 1. The third kappa shape index (κ3) is 3.87. The summed E-state index contributed by atoms with van der Waals surface area (Å²) in [6, 6.07) is 9.51. The fourth-order valence-electron chi connectivity index (χ4n) is 3.52. The average molecular weight is 343 g/mol. The van der Waals surface area contributed by atoms with Crippen LogP contribution in [0.25, 0.3) is 10.8 Å². The van der Waals surface area contributed by atoms with E-state index in [1.165, 1.54) is 0 Å². The highest BCUT2D eigenvalue weighted by Crippen LogP contribution is 2.32. The first-order valence-corrected chi connectivity index (χ1v) is 8.80. The van der Waals surface area contributed by atoms with Crippen LogP contribution in [0.15, 0.2) is 30.3 Å². The number of carbonyl (C=O) groups is 1. The molecule has 0 amide bonds. The Bertz CT molecular complexity index is 759. The first kappa shape index (κ1) is 17.5. The van der Waals surface area contributed by atoms with Gasteiger partial charge < -0.3 is 14.6 Å². The number of ether oxygens (including phenoxy) is 2. The molecule has 1 heterocycles. The van der Waals surface area contributed by atoms with Crippen molar-refractivity contribution in [2.75, 3.05) is 26.8 Å². The Morgan fingerprint density at radius 3 is 2.88 bits per heavy atom. The van der Waals surface area contributed by atoms with Gasteiger partial charge in [-0.1, -0.05) is 12.1 Å². The molecule has 5 heteroatoms. The zero-order valence-electron chi connectivity index (χ0n) is 14.8. The topological polar surface area (TPSA) is 59.0 Å². The van der Waals surface area contributed by atoms with Crippen LogP contribution in [0.4, 0.5) is 0 Å². The van der Waals surface area contributed by atoms with E-state index >= 15 is 0 Å². The summed E-state index contributed by atoms with van der Waals surface area (Å²) in [4.78, 5) is 14.3. The molecule has 0 aliphatic carbocycles. The number of hydrogen-bond acceptors (Lipinski definition) is 5. The maximum absolute atomic E-state index is 12.0. The van der Waals surface area contributed by atoms with Crippen molar-refractivity contribution in [3.8, 4) is 11.5 Å². The van der Waals surface area contributed by atoms with E-state index in [2.05, 4.69) is 4.90 Å². The van der Waals surface area contributed by atoms with Gasteiger partial charge in [-0.05, 0) is 55.3 Å². The number of hydrogen-bond donors (Lipinski definition) is 1. The zero-order chi connectivity index (χ0) is 17.8. The summed E-state index contributed by atoms with van der Waals surface area (Å²) in [5.41, 5.74) is 0.876. The number of carbonyl (C=O) groups excluding carboxylic acids is 1. The van der Waals surface area contributed by atoms with E-state index in [1.807, 2.05) is 31.2 Å². The smallest absolute Gasteiger partial charge is 0.310 e. The van der Waals surface area contributed by atoms with Gasteiger partial charge in [0, 0.05) is 18.7 Å². The Morgan fingerprint density at radius 1 is 1.32 bits per heavy atom. The molecule has 134 valence electrons. The van der Waals surface area contributed by atoms with Crippen LogP contribution >= 0.6 is 0 Å². The number of rotatable bonds is 5. The molecule has 0 aromatic heterocycles. The van der Waals surface area contributed by atoms with Crippen LogP contribution in [0.5, 0.6) is 11.5 Å². The number of nitrogens with zero attached hydrogens (tertiary/aromatic N) is 1. The lowest BCUT2D eigenvalue weighted by Crippen LogP contribution is -2.39. The van der Waals surface area contributed by atoms with Crippen molar-refractivity contribution in [1.29, 1.82) is 0 Å². The van der Waals surface area contributed by atoms with E-state index in [1.54, 1.807) is 13.2 Å². The molecule has 3 rings (SSSR count). The van der Waals surface area contributed by atoms with Gasteiger partial charge in [0.1, 0.15) is 11.5 Å². The Morgan fingerprint density at radius 2 is 2.12 bits per heavy atom. The summed E-state index contributed by atoms with van der Waals surface area (Å²) < 4.78 is 10.5. The average Bonchev–Trinajstić information content (AvgIpc) is 2.64. The Labute approximate surface area is 148 Å². The van der Waals surface area contributed by atoms with Crippen LogP contribution in [0.3, 0.4) is 0 Å². The van der Waals surface area contributed by atoms with Crippen molar-refractivity contribution in [2.24, 2.45) is 5.92 Å². The third-order valence-corrected chi connectivity index (χ3v) is 4.82. The molecule has 5 nitrogen and oxygen atoms in total. The van der Waals surface area contributed by atoms with Crippen LogP contribution in [0.1, 0.15) is 25.3 Å². The lowest BCUT2D eigenvalue weighted by molar-refractivity contribution is -0.150. The molecule has 0 unspecified atom stereocenters. The zero-order valence-corrected chi connectivity index (χ0v) is 14.8. The molecule has 25 heavy (non-hydrogen) atoms. The van der Waals surface area contributed by atoms with Gasteiger partial charge >= 0.3 is 5.97 Å². The maximum atomic E-state index is 12.0. The van der Waals surface area contributed by atoms with E-state index in [4.69, 9.17) is 9.47 Å². The van der Waals surface area contributed by atoms with Crippen molar-refractivity contribution >= 4 is 16.7 Å². The molecular formula is C20H25NO4. The molecule has 0 spiro atoms. The van der Waals surface area contributed by atoms with Crippen LogP contribution in [0, 0.1) is 5.92 Å². The molecule has 1 aliphatic rings. The second-order valence-electron chi connectivity index (χ2n) is 6.48. The minimum Gasteiger partial charge on any atom is -0.508 e. The van der Waals surface area contributed by atoms with E-state index < -0.39 is 0 Å². The lowest BCUT2D eigenvalue weighted by Gasteiger charge is -2.31. The SMILES string of the molecule is CCOC(=O)[C@H]1CCCN(Cc2c(O)ccc3ccc(OC)cc23)C1. The van der Waals surface area contributed by atoms with Gasteiger partial charge in [-0.2, -0.15) is 0 Å². The van der Waals surface area contributed by atoms with E-state index in [9.17, 15) is 9.90 Å². The van der Waals surface area contributed by atoms with Crippen molar-refractivity contribution in [2.45, 2.75) is 26.3 Å². The lowest BCUT2D eigenvalue weighted by atomic mass is 9.96. The number of benzene rings is 2. The molecule has 1 saturated heterocycles. The third-order valence-electron chi connectivity index (χ3n) is 4.82. The molecule has 1 atom stereocenters. The fraction of sp³-hybridized carbons (Fsp3) is 0.450. The number of methoxy groups -OCH3 is 1. The second-order valence-corrected chi connectivity index (χ2v) is 6.48. The number of likely N-dealkylation sites (tertiary alicyclic amines) is 1. The quantitative estimate of drug-likeness (QED) is 0.844. The highest BCUT2D eigenvalue weighted by Gasteiger charge is 2.27. The standard InChI is InChI=1S/C20H25NO4/c1-3-25-20(23)15-5-4-10-21(12-15)13-18-17-11-16(24-2)8-6-14(17)7-9-19(18)22/h6-9,11,15,22H,3-5,10,12-13H2,1-2H3/t15-/m0/s1. The molecule has 0 radical (unpaired) electrons. The predicted molar refractivity (Wildman–Crippen MR) is 96.8 cm³/mol. The molecule has 0 bridgehead atoms. The van der Waals surface area contributed by atoms with Crippen LogP contribution in [-0.4, -0.2) is 42.8 Å². The van der Waals surface area contributed by atoms with E-state index in [0.717, 1.165) is 41.5 Å². The van der Waals surface area contributed by atoms with Crippen molar-refractivity contribution < 1.29 is 19.4 Å². The van der Waals surface area contributed by atoms with Crippen molar-refractivity contribution in [1.82, 2.24) is 4.90 Å². The van der Waals surface area contributed by atoms with Crippen LogP contribution in [-0.2, 0) is 16.1 Å². The molecule has 2 aromatic carbocycles. The predicted octanol–water partition coefficient (Wildman–Crippen LogP) is 3.33. The number of esters is 1. The van der Waals surface area contributed by atoms with Gasteiger partial charge in [0.15, 0.2) is 0 Å². The fourth-order valence-corrected chi connectivity index (χ4v) is 3.52. The maximum Gasteiger partial charge on any atom is 0.310 e. The summed E-state index contributed by atoms with van der Waals surface area (Å²) in [5, 5.41) is 12.4. The highest BCUT2D eigenvalue weighted by atomic mass is 16.5. The van der Waals surface area contributed by atoms with E-state index in [-0.39, 0.29) is 17.6 Å². The monoisotopic (exact) mass is 343 g/mol. The first-order chi connectivity index (χ1) is 12.1. The molecule has 1 fully saturated rings. The van der Waals surface area contributed by atoms with E-state index in [0.29, 0.717) is 19.7 Å². The Hall–Kier alpha value is -2.27. The van der Waals surface area contributed by atoms with Gasteiger partial charge in [0.2, 0.25) is 0 Å². The second kappa shape index (κ2) is 7.74. The summed E-state index contributed by atoms with van der Waals surface area (Å²) >= 11 is 0. The molecule has 2 aromatic rings. The van der Waals surface area contributed by atoms with Crippen LogP contribution < -0.4 is 4.74 Å². The number of piperidine rings is 1. The molecule has 1 aliphatic heterocycles. The van der Waals surface area contributed by atoms with Gasteiger partial charge in [-0.15, -0.1) is 0 Å². The number of fused-ring (bicyclic) bond motifs is 1. The summed E-state index contributed by atoms with van der Waals surface area (Å²) in [5.74, 6) is 0.845. The van der Waals surface area contributed by atoms with Crippen LogP contribution in [0.2, 0.25) is 0 Å². The summed E-state index contributed by atoms with van der Waals surface area (Å²) in [7, 11) is 1.64. The normalized spacial score (nSPS) is 18.2. The van der Waals surface area contributed by atoms with Crippen molar-refractivity contribution in [3.05, 3.63) is 35.9 Å². The summed E-state index contributed by atoms with van der Waals surface area (Å²) in [6.07, 6.45) is 1.82. The Kier molecular flexibility index (Phi) is 5.43. The van der Waals surface area contributed by atoms with Crippen molar-refractivity contribution in [3.63, 3.8) is 0 Å². The number of phenolic OH excluding ortho intramolecular Hbond substituents is 1. The van der Waals surface area contributed by atoms with Gasteiger partial charge in [-0.3, -0.25) is 9.69 Å². The van der Waals surface area contributed by atoms with Gasteiger partial charge in [-0.25, -0.2) is 0 Å². The van der Waals surface area contributed by atoms with Gasteiger partial charge in [0.25, 0.3) is 0 Å².